The summed E-state index contributed by atoms with van der Waals surface area (Å²) in [5.74, 6) is -0.0170. The van der Waals surface area contributed by atoms with Crippen molar-refractivity contribution < 1.29 is 4.39 Å². The number of H-pyrrole nitrogens is 1. The molecule has 3 rings (SSSR count). The van der Waals surface area contributed by atoms with Crippen LogP contribution >= 0.6 is 11.6 Å². The fraction of sp³-hybridized carbons (Fsp3) is 0.308. The first-order valence-electron chi connectivity index (χ1n) is 6.47. The van der Waals surface area contributed by atoms with Crippen molar-refractivity contribution in [3.05, 3.63) is 39.7 Å². The molecular weight excluding hydrogens is 297 g/mol. The van der Waals surface area contributed by atoms with E-state index < -0.39 is 11.5 Å². The van der Waals surface area contributed by atoms with Crippen LogP contribution in [0.25, 0.3) is 11.4 Å². The lowest BCUT2D eigenvalue weighted by Gasteiger charge is -2.18. The second-order valence-electron chi connectivity index (χ2n) is 4.91. The summed E-state index contributed by atoms with van der Waals surface area (Å²) in [4.78, 5) is 24.2. The summed E-state index contributed by atoms with van der Waals surface area (Å²) in [5.41, 5.74) is 5.83. The maximum atomic E-state index is 13.2. The third kappa shape index (κ3) is 2.74. The predicted molar refractivity (Wildman–Crippen MR) is 77.9 cm³/mol. The Bertz CT molecular complexity index is 735. The van der Waals surface area contributed by atoms with Crippen LogP contribution in [-0.4, -0.2) is 34.1 Å². The molecule has 0 spiro atoms. The molecule has 3 N–H and O–H groups in total. The van der Waals surface area contributed by atoms with E-state index in [9.17, 15) is 9.18 Å². The van der Waals surface area contributed by atoms with E-state index in [0.717, 1.165) is 6.42 Å². The SMILES string of the molecule is N[C@H]1CCN(c2nc(-c3ccnc(F)c3)[nH]c(=O)c2Cl)C1. The summed E-state index contributed by atoms with van der Waals surface area (Å²) in [6, 6.07) is 2.80. The predicted octanol–water partition coefficient (Wildman–Crippen LogP) is 1.16. The van der Waals surface area contributed by atoms with Gasteiger partial charge in [0.1, 0.15) is 10.8 Å². The molecule has 2 aromatic heterocycles. The number of aromatic amines is 1. The van der Waals surface area contributed by atoms with Crippen LogP contribution in [0.2, 0.25) is 5.02 Å². The fourth-order valence-electron chi connectivity index (χ4n) is 2.32. The van der Waals surface area contributed by atoms with Crippen LogP contribution in [0, 0.1) is 5.95 Å². The number of aromatic nitrogens is 3. The van der Waals surface area contributed by atoms with Gasteiger partial charge in [-0.2, -0.15) is 4.39 Å². The van der Waals surface area contributed by atoms with Gasteiger partial charge in [-0.3, -0.25) is 4.79 Å². The number of nitrogens with two attached hydrogens (primary N) is 1. The van der Waals surface area contributed by atoms with Crippen molar-refractivity contribution in [1.29, 1.82) is 0 Å². The molecule has 1 fully saturated rings. The Morgan fingerprint density at radius 1 is 1.52 bits per heavy atom. The van der Waals surface area contributed by atoms with Crippen molar-refractivity contribution in [2.45, 2.75) is 12.5 Å². The van der Waals surface area contributed by atoms with Gasteiger partial charge in [0.05, 0.1) is 0 Å². The van der Waals surface area contributed by atoms with Crippen LogP contribution in [0.5, 0.6) is 0 Å². The Hall–Kier alpha value is -1.99. The summed E-state index contributed by atoms with van der Waals surface area (Å²) in [5, 5.41) is 0.0161. The lowest BCUT2D eigenvalue weighted by molar-refractivity contribution is 0.584. The number of nitrogens with zero attached hydrogens (tertiary/aromatic N) is 3. The monoisotopic (exact) mass is 309 g/mol. The molecule has 0 bridgehead atoms. The molecule has 0 amide bonds. The normalized spacial score (nSPS) is 18.2. The standard InChI is InChI=1S/C13H13ClFN5O/c14-10-12(20-4-2-8(16)6-20)18-11(19-13(10)21)7-1-3-17-9(15)5-7/h1,3,5,8H,2,4,6,16H2,(H,18,19,21)/t8-/m0/s1. The molecule has 6 nitrogen and oxygen atoms in total. The zero-order valence-corrected chi connectivity index (χ0v) is 11.8. The summed E-state index contributed by atoms with van der Waals surface area (Å²) < 4.78 is 13.2. The highest BCUT2D eigenvalue weighted by atomic mass is 35.5. The molecule has 2 aromatic rings. The number of pyridine rings is 1. The summed E-state index contributed by atoms with van der Waals surface area (Å²) in [6.07, 6.45) is 2.12. The summed E-state index contributed by atoms with van der Waals surface area (Å²) in [7, 11) is 0. The molecule has 0 aliphatic carbocycles. The Morgan fingerprint density at radius 3 is 3.00 bits per heavy atom. The van der Waals surface area contributed by atoms with Gasteiger partial charge >= 0.3 is 0 Å². The lowest BCUT2D eigenvalue weighted by atomic mass is 10.2. The third-order valence-electron chi connectivity index (χ3n) is 3.37. The van der Waals surface area contributed by atoms with E-state index in [1.807, 2.05) is 4.90 Å². The maximum Gasteiger partial charge on any atom is 0.272 e. The molecule has 1 aliphatic heterocycles. The number of rotatable bonds is 2. The topological polar surface area (TPSA) is 87.9 Å². The number of halogens is 2. The van der Waals surface area contributed by atoms with Crippen LogP contribution in [-0.2, 0) is 0 Å². The minimum absolute atomic E-state index is 0.0161. The average Bonchev–Trinajstić information content (AvgIpc) is 2.88. The zero-order chi connectivity index (χ0) is 15.0. The Balaban J connectivity index is 2.07. The Kier molecular flexibility index (Phi) is 3.60. The second kappa shape index (κ2) is 5.42. The fourth-order valence-corrected chi connectivity index (χ4v) is 2.53. The number of hydrogen-bond donors (Lipinski definition) is 2. The highest BCUT2D eigenvalue weighted by molar-refractivity contribution is 6.32. The van der Waals surface area contributed by atoms with Gasteiger partial charge < -0.3 is 15.6 Å². The summed E-state index contributed by atoms with van der Waals surface area (Å²) in [6.45, 7) is 1.27. The number of hydrogen-bond acceptors (Lipinski definition) is 5. The highest BCUT2D eigenvalue weighted by Crippen LogP contribution is 2.25. The quantitative estimate of drug-likeness (QED) is 0.813. The van der Waals surface area contributed by atoms with Gasteiger partial charge in [0, 0.05) is 37.0 Å². The Labute approximate surface area is 124 Å². The molecule has 8 heteroatoms. The van der Waals surface area contributed by atoms with Gasteiger partial charge in [-0.1, -0.05) is 11.6 Å². The van der Waals surface area contributed by atoms with Crippen LogP contribution in [0.1, 0.15) is 6.42 Å². The highest BCUT2D eigenvalue weighted by Gasteiger charge is 2.24. The van der Waals surface area contributed by atoms with E-state index in [-0.39, 0.29) is 16.9 Å². The van der Waals surface area contributed by atoms with Gasteiger partial charge in [-0.25, -0.2) is 9.97 Å². The van der Waals surface area contributed by atoms with Crippen LogP contribution in [0.4, 0.5) is 10.2 Å². The number of anilines is 1. The largest absolute Gasteiger partial charge is 0.354 e. The zero-order valence-electron chi connectivity index (χ0n) is 11.0. The van der Waals surface area contributed by atoms with Gasteiger partial charge in [0.25, 0.3) is 5.56 Å². The smallest absolute Gasteiger partial charge is 0.272 e. The molecule has 1 saturated heterocycles. The molecule has 3 heterocycles. The molecule has 0 saturated carbocycles. The van der Waals surface area contributed by atoms with Crippen molar-refractivity contribution in [1.82, 2.24) is 15.0 Å². The first-order valence-corrected chi connectivity index (χ1v) is 6.84. The number of nitrogens with one attached hydrogen (secondary N) is 1. The van der Waals surface area contributed by atoms with Crippen LogP contribution < -0.4 is 16.2 Å². The van der Waals surface area contributed by atoms with E-state index in [1.54, 1.807) is 6.07 Å². The van der Waals surface area contributed by atoms with Crippen molar-refractivity contribution >= 4 is 17.4 Å². The molecular formula is C13H13ClFN5O. The van der Waals surface area contributed by atoms with Crippen molar-refractivity contribution in [2.24, 2.45) is 5.73 Å². The van der Waals surface area contributed by atoms with Crippen LogP contribution in [0.15, 0.2) is 23.1 Å². The van der Waals surface area contributed by atoms with Crippen molar-refractivity contribution in [3.63, 3.8) is 0 Å². The summed E-state index contributed by atoms with van der Waals surface area (Å²) >= 11 is 6.04. The molecule has 1 atom stereocenters. The Morgan fingerprint density at radius 2 is 2.33 bits per heavy atom. The second-order valence-corrected chi connectivity index (χ2v) is 5.29. The maximum absolute atomic E-state index is 13.2. The van der Waals surface area contributed by atoms with Crippen LogP contribution in [0.3, 0.4) is 0 Å². The van der Waals surface area contributed by atoms with Crippen molar-refractivity contribution in [2.75, 3.05) is 18.0 Å². The van der Waals surface area contributed by atoms with E-state index in [2.05, 4.69) is 15.0 Å². The molecule has 0 aromatic carbocycles. The average molecular weight is 310 g/mol. The molecule has 0 radical (unpaired) electrons. The molecule has 0 unspecified atom stereocenters. The lowest BCUT2D eigenvalue weighted by Crippen LogP contribution is -2.28. The first kappa shape index (κ1) is 14.0. The third-order valence-corrected chi connectivity index (χ3v) is 3.71. The van der Waals surface area contributed by atoms with Gasteiger partial charge in [-0.05, 0) is 12.5 Å². The van der Waals surface area contributed by atoms with Crippen molar-refractivity contribution in [3.8, 4) is 11.4 Å². The van der Waals surface area contributed by atoms with E-state index in [4.69, 9.17) is 17.3 Å². The first-order chi connectivity index (χ1) is 10.0. The van der Waals surface area contributed by atoms with E-state index >= 15 is 0 Å². The van der Waals surface area contributed by atoms with E-state index in [1.165, 1.54) is 12.3 Å². The minimum atomic E-state index is -0.644. The molecule has 110 valence electrons. The van der Waals surface area contributed by atoms with Gasteiger partial charge in [0.15, 0.2) is 5.82 Å². The molecule has 21 heavy (non-hydrogen) atoms. The molecule has 1 aliphatic rings. The minimum Gasteiger partial charge on any atom is -0.354 e. The van der Waals surface area contributed by atoms with Gasteiger partial charge in [-0.15, -0.1) is 0 Å². The van der Waals surface area contributed by atoms with Gasteiger partial charge in [0.2, 0.25) is 5.95 Å². The van der Waals surface area contributed by atoms with E-state index in [0.29, 0.717) is 24.5 Å².